The Bertz CT molecular complexity index is 642. The highest BCUT2D eigenvalue weighted by Crippen LogP contribution is 2.25. The first-order valence-electron chi connectivity index (χ1n) is 5.75. The number of nitriles is 1. The van der Waals surface area contributed by atoms with Gasteiger partial charge in [-0.1, -0.05) is 12.1 Å². The van der Waals surface area contributed by atoms with Crippen LogP contribution in [0.3, 0.4) is 0 Å². The van der Waals surface area contributed by atoms with Gasteiger partial charge in [-0.05, 0) is 36.1 Å². The third kappa shape index (κ3) is 2.92. The maximum atomic E-state index is 12.1. The van der Waals surface area contributed by atoms with Crippen LogP contribution < -0.4 is 11.1 Å². The number of nitrogen functional groups attached to an aromatic ring is 1. The minimum Gasteiger partial charge on any atom is -0.399 e. The molecule has 0 saturated heterocycles. The van der Waals surface area contributed by atoms with E-state index >= 15 is 0 Å². The molecule has 19 heavy (non-hydrogen) atoms. The average molecular weight is 271 g/mol. The summed E-state index contributed by atoms with van der Waals surface area (Å²) in [6, 6.07) is 11.0. The molecule has 0 aliphatic carbocycles. The molecule has 2 aromatic rings. The second-order valence-corrected chi connectivity index (χ2v) is 5.07. The predicted octanol–water partition coefficient (Wildman–Crippen LogP) is 2.94. The molecule has 0 aliphatic heterocycles. The molecule has 1 amide bonds. The van der Waals surface area contributed by atoms with Crippen LogP contribution in [-0.2, 0) is 4.79 Å². The smallest absolute Gasteiger partial charge is 0.232 e. The first-order valence-corrected chi connectivity index (χ1v) is 6.63. The SMILES string of the molecule is CC(C(=O)Nc1sccc1C#N)c1cccc(N)c1. The molecule has 0 bridgehead atoms. The van der Waals surface area contributed by atoms with Crippen molar-refractivity contribution in [3.63, 3.8) is 0 Å². The predicted molar refractivity (Wildman–Crippen MR) is 76.9 cm³/mol. The summed E-state index contributed by atoms with van der Waals surface area (Å²) in [7, 11) is 0. The topological polar surface area (TPSA) is 78.9 Å². The van der Waals surface area contributed by atoms with Crippen LogP contribution in [-0.4, -0.2) is 5.91 Å². The molecule has 0 aliphatic rings. The Morgan fingerprint density at radius 1 is 1.47 bits per heavy atom. The molecule has 96 valence electrons. The number of thiophene rings is 1. The number of nitrogens with two attached hydrogens (primary N) is 1. The fraction of sp³-hybridized carbons (Fsp3) is 0.143. The minimum absolute atomic E-state index is 0.149. The van der Waals surface area contributed by atoms with Crippen molar-refractivity contribution in [2.75, 3.05) is 11.1 Å². The number of amides is 1. The van der Waals surface area contributed by atoms with Gasteiger partial charge < -0.3 is 11.1 Å². The van der Waals surface area contributed by atoms with E-state index in [2.05, 4.69) is 5.32 Å². The molecule has 0 radical (unpaired) electrons. The van der Waals surface area contributed by atoms with Gasteiger partial charge in [0.2, 0.25) is 5.91 Å². The summed E-state index contributed by atoms with van der Waals surface area (Å²) in [5.74, 6) is -0.471. The molecule has 4 nitrogen and oxygen atoms in total. The normalized spacial score (nSPS) is 11.6. The molecule has 3 N–H and O–H groups in total. The first kappa shape index (κ1) is 13.1. The fourth-order valence-corrected chi connectivity index (χ4v) is 2.43. The van der Waals surface area contributed by atoms with E-state index < -0.39 is 0 Å². The molecule has 1 unspecified atom stereocenters. The summed E-state index contributed by atoms with van der Waals surface area (Å²) in [5, 5.41) is 14.0. The van der Waals surface area contributed by atoms with Crippen molar-refractivity contribution in [2.45, 2.75) is 12.8 Å². The van der Waals surface area contributed by atoms with Crippen LogP contribution in [0, 0.1) is 11.3 Å². The lowest BCUT2D eigenvalue weighted by molar-refractivity contribution is -0.117. The highest BCUT2D eigenvalue weighted by Gasteiger charge is 2.17. The number of carbonyl (C=O) groups is 1. The number of hydrogen-bond donors (Lipinski definition) is 2. The van der Waals surface area contributed by atoms with E-state index in [4.69, 9.17) is 11.0 Å². The van der Waals surface area contributed by atoms with Crippen molar-refractivity contribution in [1.82, 2.24) is 0 Å². The Morgan fingerprint density at radius 2 is 2.26 bits per heavy atom. The van der Waals surface area contributed by atoms with Crippen molar-refractivity contribution in [2.24, 2.45) is 0 Å². The molecule has 1 atom stereocenters. The number of carbonyl (C=O) groups excluding carboxylic acids is 1. The van der Waals surface area contributed by atoms with Crippen LogP contribution >= 0.6 is 11.3 Å². The van der Waals surface area contributed by atoms with Gasteiger partial charge in [-0.15, -0.1) is 11.3 Å². The third-order valence-corrected chi connectivity index (χ3v) is 3.66. The standard InChI is InChI=1S/C14H13N3OS/c1-9(10-3-2-4-12(16)7-10)13(18)17-14-11(8-15)5-6-19-14/h2-7,9H,16H2,1H3,(H,17,18). The molecule has 1 heterocycles. The second-order valence-electron chi connectivity index (χ2n) is 4.16. The summed E-state index contributed by atoms with van der Waals surface area (Å²) >= 11 is 1.34. The summed E-state index contributed by atoms with van der Waals surface area (Å²) < 4.78 is 0. The maximum absolute atomic E-state index is 12.1. The van der Waals surface area contributed by atoms with Crippen LogP contribution in [0.15, 0.2) is 35.7 Å². The second kappa shape index (κ2) is 5.55. The van der Waals surface area contributed by atoms with Gasteiger partial charge in [0.15, 0.2) is 0 Å². The van der Waals surface area contributed by atoms with Gasteiger partial charge in [-0.3, -0.25) is 4.79 Å². The summed E-state index contributed by atoms with van der Waals surface area (Å²) in [6.07, 6.45) is 0. The van der Waals surface area contributed by atoms with Gasteiger partial charge in [-0.25, -0.2) is 0 Å². The Kier molecular flexibility index (Phi) is 3.83. The minimum atomic E-state index is -0.322. The van der Waals surface area contributed by atoms with Crippen molar-refractivity contribution in [1.29, 1.82) is 5.26 Å². The van der Waals surface area contributed by atoms with Gasteiger partial charge in [0.1, 0.15) is 11.1 Å². The van der Waals surface area contributed by atoms with E-state index in [0.717, 1.165) is 5.56 Å². The number of anilines is 2. The zero-order chi connectivity index (χ0) is 13.8. The Morgan fingerprint density at radius 3 is 2.95 bits per heavy atom. The number of benzene rings is 1. The van der Waals surface area contributed by atoms with Gasteiger partial charge in [0, 0.05) is 5.69 Å². The Labute approximate surface area is 115 Å². The first-order chi connectivity index (χ1) is 9.11. The molecule has 0 fully saturated rings. The lowest BCUT2D eigenvalue weighted by atomic mass is 10.00. The Balaban J connectivity index is 2.15. The molecule has 5 heteroatoms. The van der Waals surface area contributed by atoms with E-state index in [0.29, 0.717) is 16.3 Å². The van der Waals surface area contributed by atoms with Crippen molar-refractivity contribution in [3.8, 4) is 6.07 Å². The van der Waals surface area contributed by atoms with Crippen LogP contribution in [0.5, 0.6) is 0 Å². The lowest BCUT2D eigenvalue weighted by Gasteiger charge is -2.12. The van der Waals surface area contributed by atoms with Crippen LogP contribution in [0.25, 0.3) is 0 Å². The van der Waals surface area contributed by atoms with Gasteiger partial charge in [0.25, 0.3) is 0 Å². The monoisotopic (exact) mass is 271 g/mol. The maximum Gasteiger partial charge on any atom is 0.232 e. The lowest BCUT2D eigenvalue weighted by Crippen LogP contribution is -2.18. The summed E-state index contributed by atoms with van der Waals surface area (Å²) in [5.41, 5.74) is 7.67. The number of nitrogens with one attached hydrogen (secondary N) is 1. The number of nitrogens with zero attached hydrogens (tertiary/aromatic N) is 1. The fourth-order valence-electron chi connectivity index (χ4n) is 1.69. The van der Waals surface area contributed by atoms with Crippen molar-refractivity contribution < 1.29 is 4.79 Å². The van der Waals surface area contributed by atoms with E-state index in [1.807, 2.05) is 25.1 Å². The van der Waals surface area contributed by atoms with Gasteiger partial charge >= 0.3 is 0 Å². The summed E-state index contributed by atoms with van der Waals surface area (Å²) in [6.45, 7) is 1.81. The highest BCUT2D eigenvalue weighted by molar-refractivity contribution is 7.14. The molecule has 0 saturated carbocycles. The van der Waals surface area contributed by atoms with E-state index in [1.165, 1.54) is 11.3 Å². The number of hydrogen-bond acceptors (Lipinski definition) is 4. The molecule has 1 aromatic heterocycles. The van der Waals surface area contributed by atoms with E-state index in [9.17, 15) is 4.79 Å². The molecule has 0 spiro atoms. The van der Waals surface area contributed by atoms with Crippen molar-refractivity contribution >= 4 is 27.9 Å². The molecule has 1 aromatic carbocycles. The van der Waals surface area contributed by atoms with Crippen LogP contribution in [0.1, 0.15) is 24.0 Å². The largest absolute Gasteiger partial charge is 0.399 e. The van der Waals surface area contributed by atoms with E-state index in [-0.39, 0.29) is 11.8 Å². The average Bonchev–Trinajstić information content (AvgIpc) is 2.85. The highest BCUT2D eigenvalue weighted by atomic mass is 32.1. The van der Waals surface area contributed by atoms with Crippen LogP contribution in [0.2, 0.25) is 0 Å². The Hall–Kier alpha value is -2.32. The molecular weight excluding hydrogens is 258 g/mol. The van der Waals surface area contributed by atoms with Gasteiger partial charge in [-0.2, -0.15) is 5.26 Å². The van der Waals surface area contributed by atoms with Crippen molar-refractivity contribution in [3.05, 3.63) is 46.8 Å². The zero-order valence-corrected chi connectivity index (χ0v) is 11.2. The third-order valence-electron chi connectivity index (χ3n) is 2.83. The number of rotatable bonds is 3. The summed E-state index contributed by atoms with van der Waals surface area (Å²) in [4.78, 5) is 12.1. The van der Waals surface area contributed by atoms with Gasteiger partial charge in [0.05, 0.1) is 11.5 Å². The quantitative estimate of drug-likeness (QED) is 0.842. The molecule has 2 rings (SSSR count). The zero-order valence-electron chi connectivity index (χ0n) is 10.4. The molecular formula is C14H13N3OS. The van der Waals surface area contributed by atoms with Crippen LogP contribution in [0.4, 0.5) is 10.7 Å². The van der Waals surface area contributed by atoms with E-state index in [1.54, 1.807) is 23.6 Å².